The Morgan fingerprint density at radius 1 is 1.00 bits per heavy atom. The lowest BCUT2D eigenvalue weighted by molar-refractivity contribution is -0.150. The number of urea groups is 1. The summed E-state index contributed by atoms with van der Waals surface area (Å²) in [6.07, 6.45) is 1.05. The first-order valence-electron chi connectivity index (χ1n) is 7.10. The van der Waals surface area contributed by atoms with Crippen molar-refractivity contribution >= 4 is 17.9 Å². The molecule has 0 fully saturated rings. The molecule has 0 saturated heterocycles. The highest BCUT2D eigenvalue weighted by atomic mass is 16.4. The van der Waals surface area contributed by atoms with E-state index in [0.29, 0.717) is 6.54 Å². The van der Waals surface area contributed by atoms with Gasteiger partial charge in [0.05, 0.1) is 11.0 Å². The molecule has 0 aromatic carbocycles. The van der Waals surface area contributed by atoms with Crippen LogP contribution in [0.4, 0.5) is 4.79 Å². The predicted octanol–water partition coefficient (Wildman–Crippen LogP) is 1.09. The number of amides is 3. The summed E-state index contributed by atoms with van der Waals surface area (Å²) >= 11 is 0. The van der Waals surface area contributed by atoms with Gasteiger partial charge in [0.15, 0.2) is 0 Å². The number of carbonyl (C=O) groups is 3. The Morgan fingerprint density at radius 2 is 1.57 bits per heavy atom. The third-order valence-corrected chi connectivity index (χ3v) is 3.73. The molecule has 7 nitrogen and oxygen atoms in total. The van der Waals surface area contributed by atoms with Gasteiger partial charge in [-0.1, -0.05) is 6.92 Å². The Kier molecular flexibility index (Phi) is 7.18. The zero-order valence-electron chi connectivity index (χ0n) is 13.5. The number of rotatable bonds is 8. The van der Waals surface area contributed by atoms with Gasteiger partial charge in [0.1, 0.15) is 0 Å². The van der Waals surface area contributed by atoms with Crippen molar-refractivity contribution in [3.63, 3.8) is 0 Å². The summed E-state index contributed by atoms with van der Waals surface area (Å²) in [6, 6.07) is -0.488. The SMILES string of the molecule is CCCNC(=O)CCNC(=O)NC(C)(C)C(C)(C)C(=O)O. The summed E-state index contributed by atoms with van der Waals surface area (Å²) in [5, 5.41) is 17.1. The van der Waals surface area contributed by atoms with Crippen LogP contribution in [0.25, 0.3) is 0 Å². The molecule has 0 atom stereocenters. The first-order chi connectivity index (χ1) is 9.54. The maximum atomic E-state index is 11.8. The molecular formula is C14H27N3O4. The van der Waals surface area contributed by atoms with Crippen molar-refractivity contribution in [2.75, 3.05) is 13.1 Å². The van der Waals surface area contributed by atoms with Gasteiger partial charge >= 0.3 is 12.0 Å². The van der Waals surface area contributed by atoms with E-state index in [4.69, 9.17) is 0 Å². The molecule has 0 aromatic rings. The Labute approximate surface area is 125 Å². The van der Waals surface area contributed by atoms with E-state index >= 15 is 0 Å². The van der Waals surface area contributed by atoms with Gasteiger partial charge in [0.2, 0.25) is 5.91 Å². The van der Waals surface area contributed by atoms with Crippen LogP contribution < -0.4 is 16.0 Å². The van der Waals surface area contributed by atoms with Crippen LogP contribution in [0.1, 0.15) is 47.5 Å². The molecule has 0 saturated carbocycles. The lowest BCUT2D eigenvalue weighted by atomic mass is 9.74. The van der Waals surface area contributed by atoms with Crippen LogP contribution in [0.15, 0.2) is 0 Å². The zero-order chi connectivity index (χ0) is 16.7. The smallest absolute Gasteiger partial charge is 0.315 e. The van der Waals surface area contributed by atoms with Crippen LogP contribution in [0, 0.1) is 5.41 Å². The van der Waals surface area contributed by atoms with Crippen LogP contribution in [0.5, 0.6) is 0 Å². The van der Waals surface area contributed by atoms with E-state index in [2.05, 4.69) is 16.0 Å². The van der Waals surface area contributed by atoms with Crippen LogP contribution in [-0.4, -0.2) is 41.6 Å². The fourth-order valence-electron chi connectivity index (χ4n) is 1.39. The summed E-state index contributed by atoms with van der Waals surface area (Å²) < 4.78 is 0. The van der Waals surface area contributed by atoms with E-state index < -0.39 is 23.0 Å². The zero-order valence-corrected chi connectivity index (χ0v) is 13.5. The van der Waals surface area contributed by atoms with Crippen molar-refractivity contribution in [1.29, 1.82) is 0 Å². The third kappa shape index (κ3) is 6.01. The summed E-state index contributed by atoms with van der Waals surface area (Å²) in [5.74, 6) is -1.12. The van der Waals surface area contributed by atoms with Gasteiger partial charge < -0.3 is 21.1 Å². The molecule has 4 N–H and O–H groups in total. The van der Waals surface area contributed by atoms with E-state index in [9.17, 15) is 19.5 Å². The van der Waals surface area contributed by atoms with E-state index in [0.717, 1.165) is 6.42 Å². The van der Waals surface area contributed by atoms with Gasteiger partial charge in [-0.25, -0.2) is 4.79 Å². The normalized spacial score (nSPS) is 11.7. The summed E-state index contributed by atoms with van der Waals surface area (Å²) in [7, 11) is 0. The number of carboxylic acids is 1. The number of carboxylic acid groups (broad SMARTS) is 1. The van der Waals surface area contributed by atoms with Gasteiger partial charge in [-0.3, -0.25) is 9.59 Å². The van der Waals surface area contributed by atoms with Gasteiger partial charge in [-0.05, 0) is 34.1 Å². The monoisotopic (exact) mass is 301 g/mol. The highest BCUT2D eigenvalue weighted by Crippen LogP contribution is 2.30. The Balaban J connectivity index is 4.26. The number of hydrogen-bond donors (Lipinski definition) is 4. The second-order valence-electron chi connectivity index (χ2n) is 6.04. The van der Waals surface area contributed by atoms with Crippen molar-refractivity contribution in [2.24, 2.45) is 5.41 Å². The van der Waals surface area contributed by atoms with Crippen LogP contribution >= 0.6 is 0 Å². The predicted molar refractivity (Wildman–Crippen MR) is 79.9 cm³/mol. The molecule has 0 rings (SSSR count). The lowest BCUT2D eigenvalue weighted by Gasteiger charge is -2.38. The van der Waals surface area contributed by atoms with E-state index in [-0.39, 0.29) is 18.9 Å². The largest absolute Gasteiger partial charge is 0.481 e. The fourth-order valence-corrected chi connectivity index (χ4v) is 1.39. The summed E-state index contributed by atoms with van der Waals surface area (Å²) in [6.45, 7) is 9.17. The van der Waals surface area contributed by atoms with E-state index in [1.165, 1.54) is 0 Å². The van der Waals surface area contributed by atoms with Gasteiger partial charge in [0.25, 0.3) is 0 Å². The van der Waals surface area contributed by atoms with Crippen molar-refractivity contribution in [3.8, 4) is 0 Å². The highest BCUT2D eigenvalue weighted by molar-refractivity contribution is 5.80. The minimum Gasteiger partial charge on any atom is -0.481 e. The summed E-state index contributed by atoms with van der Waals surface area (Å²) in [5.41, 5.74) is -2.06. The quantitative estimate of drug-likeness (QED) is 0.538. The van der Waals surface area contributed by atoms with Crippen LogP contribution in [-0.2, 0) is 9.59 Å². The standard InChI is InChI=1S/C14H27N3O4/c1-6-8-15-10(18)7-9-16-12(21)17-14(4,5)13(2,3)11(19)20/h6-9H2,1-5H3,(H,15,18)(H,19,20)(H2,16,17,21). The molecule has 0 spiro atoms. The topological polar surface area (TPSA) is 108 Å². The van der Waals surface area contributed by atoms with Crippen molar-refractivity contribution in [1.82, 2.24) is 16.0 Å². The van der Waals surface area contributed by atoms with Crippen molar-refractivity contribution in [3.05, 3.63) is 0 Å². The maximum Gasteiger partial charge on any atom is 0.315 e. The second kappa shape index (κ2) is 7.85. The molecule has 0 aliphatic rings. The van der Waals surface area contributed by atoms with Crippen molar-refractivity contribution < 1.29 is 19.5 Å². The number of nitrogens with one attached hydrogen (secondary N) is 3. The molecule has 0 radical (unpaired) electrons. The first kappa shape index (κ1) is 19.2. The lowest BCUT2D eigenvalue weighted by Crippen LogP contribution is -2.59. The Hall–Kier alpha value is -1.79. The fraction of sp³-hybridized carbons (Fsp3) is 0.786. The van der Waals surface area contributed by atoms with Gasteiger partial charge in [-0.15, -0.1) is 0 Å². The van der Waals surface area contributed by atoms with Crippen LogP contribution in [0.2, 0.25) is 0 Å². The summed E-state index contributed by atoms with van der Waals surface area (Å²) in [4.78, 5) is 34.4. The first-order valence-corrected chi connectivity index (χ1v) is 7.10. The minimum absolute atomic E-state index is 0.123. The van der Waals surface area contributed by atoms with E-state index in [1.54, 1.807) is 27.7 Å². The van der Waals surface area contributed by atoms with Crippen molar-refractivity contribution in [2.45, 2.75) is 53.0 Å². The number of aliphatic carboxylic acids is 1. The second-order valence-corrected chi connectivity index (χ2v) is 6.04. The molecule has 0 unspecified atom stereocenters. The molecule has 0 aliphatic carbocycles. The number of hydrogen-bond acceptors (Lipinski definition) is 3. The average Bonchev–Trinajstić information content (AvgIpc) is 2.35. The number of carbonyl (C=O) groups excluding carboxylic acids is 2. The molecule has 7 heteroatoms. The molecule has 0 aliphatic heterocycles. The molecule has 0 bridgehead atoms. The maximum absolute atomic E-state index is 11.8. The van der Waals surface area contributed by atoms with Gasteiger partial charge in [0, 0.05) is 19.5 Å². The van der Waals surface area contributed by atoms with Crippen LogP contribution in [0.3, 0.4) is 0 Å². The Bertz CT molecular complexity index is 392. The average molecular weight is 301 g/mol. The highest BCUT2D eigenvalue weighted by Gasteiger charge is 2.44. The van der Waals surface area contributed by atoms with E-state index in [1.807, 2.05) is 6.92 Å². The minimum atomic E-state index is -1.12. The molecule has 0 heterocycles. The molecule has 3 amide bonds. The molecule has 122 valence electrons. The molecular weight excluding hydrogens is 274 g/mol. The molecule has 0 aromatic heterocycles. The molecule has 21 heavy (non-hydrogen) atoms. The Morgan fingerprint density at radius 3 is 2.05 bits per heavy atom. The third-order valence-electron chi connectivity index (χ3n) is 3.73. The van der Waals surface area contributed by atoms with Gasteiger partial charge in [-0.2, -0.15) is 0 Å².